The lowest BCUT2D eigenvalue weighted by atomic mass is 9.99. The molecule has 0 radical (unpaired) electrons. The van der Waals surface area contributed by atoms with E-state index in [1.807, 2.05) is 6.08 Å². The number of ether oxygens (including phenoxy) is 2. The Balaban J connectivity index is 2.32. The summed E-state index contributed by atoms with van der Waals surface area (Å²) < 4.78 is 11.2. The number of allylic oxidation sites excluding steroid dienone is 11. The molecule has 7 unspecified atom stereocenters. The van der Waals surface area contributed by atoms with Gasteiger partial charge in [-0.1, -0.05) is 183 Å². The van der Waals surface area contributed by atoms with Gasteiger partial charge in [0.15, 0.2) is 6.29 Å². The predicted molar refractivity (Wildman–Crippen MR) is 249 cm³/mol. The molecule has 7 atom stereocenters. The number of nitrogens with one attached hydrogen (secondary N) is 1. The molecule has 6 N–H and O–H groups in total. The number of hydrogen-bond donors (Lipinski definition) is 6. The first-order valence-electron chi connectivity index (χ1n) is 24.2. The molecular formula is C51H89NO8. The van der Waals surface area contributed by atoms with Crippen LogP contribution in [0.5, 0.6) is 0 Å². The molecule has 0 spiro atoms. The molecule has 346 valence electrons. The molecule has 9 heteroatoms. The Morgan fingerprint density at radius 3 is 1.60 bits per heavy atom. The second-order valence-corrected chi connectivity index (χ2v) is 16.5. The summed E-state index contributed by atoms with van der Waals surface area (Å²) >= 11 is 0. The molecule has 0 aliphatic carbocycles. The molecule has 60 heavy (non-hydrogen) atoms. The van der Waals surface area contributed by atoms with Gasteiger partial charge < -0.3 is 40.3 Å². The average molecular weight is 844 g/mol. The van der Waals surface area contributed by atoms with Crippen LogP contribution in [-0.4, -0.2) is 87.5 Å². The highest BCUT2D eigenvalue weighted by Gasteiger charge is 2.44. The number of carbonyl (C=O) groups is 1. The summed E-state index contributed by atoms with van der Waals surface area (Å²) in [7, 11) is 0. The van der Waals surface area contributed by atoms with Crippen molar-refractivity contribution in [3.05, 3.63) is 72.9 Å². The largest absolute Gasteiger partial charge is 0.394 e. The van der Waals surface area contributed by atoms with Crippen LogP contribution < -0.4 is 5.32 Å². The third-order valence-corrected chi connectivity index (χ3v) is 11.0. The van der Waals surface area contributed by atoms with Crippen molar-refractivity contribution in [1.82, 2.24) is 5.32 Å². The van der Waals surface area contributed by atoms with Gasteiger partial charge in [0.05, 0.1) is 25.4 Å². The van der Waals surface area contributed by atoms with E-state index in [4.69, 9.17) is 9.47 Å². The quantitative estimate of drug-likeness (QED) is 0.0265. The summed E-state index contributed by atoms with van der Waals surface area (Å²) in [5.41, 5.74) is 0. The van der Waals surface area contributed by atoms with Crippen molar-refractivity contribution in [2.45, 2.75) is 230 Å². The van der Waals surface area contributed by atoms with Crippen molar-refractivity contribution in [2.24, 2.45) is 0 Å². The second kappa shape index (κ2) is 40.7. The molecule has 1 aliphatic heterocycles. The first-order chi connectivity index (χ1) is 29.3. The lowest BCUT2D eigenvalue weighted by Crippen LogP contribution is -2.60. The van der Waals surface area contributed by atoms with Crippen LogP contribution in [0.1, 0.15) is 187 Å². The highest BCUT2D eigenvalue weighted by Crippen LogP contribution is 2.22. The van der Waals surface area contributed by atoms with Crippen molar-refractivity contribution in [3.63, 3.8) is 0 Å². The van der Waals surface area contributed by atoms with Crippen LogP contribution in [0, 0.1) is 0 Å². The van der Waals surface area contributed by atoms with Crippen LogP contribution >= 0.6 is 0 Å². The zero-order valence-corrected chi connectivity index (χ0v) is 37.9. The van der Waals surface area contributed by atoms with E-state index in [9.17, 15) is 30.3 Å². The molecule has 1 saturated heterocycles. The van der Waals surface area contributed by atoms with E-state index in [1.165, 1.54) is 89.9 Å². The molecule has 0 saturated carbocycles. The fraction of sp³-hybridized carbons (Fsp3) is 0.745. The maximum absolute atomic E-state index is 13.0. The van der Waals surface area contributed by atoms with E-state index in [2.05, 4.69) is 79.9 Å². The number of aliphatic hydroxyl groups is 5. The van der Waals surface area contributed by atoms with Gasteiger partial charge in [-0.2, -0.15) is 0 Å². The number of hydrogen-bond acceptors (Lipinski definition) is 8. The summed E-state index contributed by atoms with van der Waals surface area (Å²) in [5, 5.41) is 54.2. The first kappa shape index (κ1) is 55.6. The number of unbranched alkanes of at least 4 members (excludes halogenated alkanes) is 19. The van der Waals surface area contributed by atoms with Gasteiger partial charge in [-0.05, 0) is 70.6 Å². The van der Waals surface area contributed by atoms with E-state index in [1.54, 1.807) is 6.08 Å². The van der Waals surface area contributed by atoms with Gasteiger partial charge in [-0.15, -0.1) is 0 Å². The van der Waals surface area contributed by atoms with E-state index in [0.717, 1.165) is 77.0 Å². The number of amides is 1. The lowest BCUT2D eigenvalue weighted by Gasteiger charge is -2.40. The molecule has 0 aromatic rings. The molecule has 1 rings (SSSR count). The average Bonchev–Trinajstić information content (AvgIpc) is 3.25. The summed E-state index contributed by atoms with van der Waals surface area (Å²) in [6.07, 6.45) is 48.0. The van der Waals surface area contributed by atoms with Crippen LogP contribution in [0.3, 0.4) is 0 Å². The normalized spacial score (nSPS) is 21.2. The van der Waals surface area contributed by atoms with Crippen molar-refractivity contribution in [2.75, 3.05) is 13.2 Å². The molecule has 1 heterocycles. The van der Waals surface area contributed by atoms with Crippen LogP contribution in [0.4, 0.5) is 0 Å². The fourth-order valence-electron chi connectivity index (χ4n) is 7.16. The summed E-state index contributed by atoms with van der Waals surface area (Å²) in [6, 6.07) is -0.826. The minimum absolute atomic E-state index is 0.195. The van der Waals surface area contributed by atoms with Gasteiger partial charge in [-0.3, -0.25) is 4.79 Å². The zero-order valence-electron chi connectivity index (χ0n) is 37.9. The van der Waals surface area contributed by atoms with E-state index in [0.29, 0.717) is 6.42 Å². The Morgan fingerprint density at radius 1 is 0.583 bits per heavy atom. The molecule has 0 aromatic carbocycles. The van der Waals surface area contributed by atoms with Crippen molar-refractivity contribution < 1.29 is 39.8 Å². The molecule has 9 nitrogen and oxygen atoms in total. The van der Waals surface area contributed by atoms with Gasteiger partial charge in [0.2, 0.25) is 5.91 Å². The van der Waals surface area contributed by atoms with E-state index >= 15 is 0 Å². The maximum atomic E-state index is 13.0. The van der Waals surface area contributed by atoms with E-state index in [-0.39, 0.29) is 12.5 Å². The number of carbonyl (C=O) groups excluding carboxylic acids is 1. The smallest absolute Gasteiger partial charge is 0.220 e. The molecule has 1 aliphatic rings. The van der Waals surface area contributed by atoms with Crippen LogP contribution in [-0.2, 0) is 14.3 Å². The minimum Gasteiger partial charge on any atom is -0.394 e. The topological polar surface area (TPSA) is 149 Å². The highest BCUT2D eigenvalue weighted by molar-refractivity contribution is 5.76. The third-order valence-electron chi connectivity index (χ3n) is 11.0. The number of rotatable bonds is 39. The van der Waals surface area contributed by atoms with Crippen molar-refractivity contribution in [3.8, 4) is 0 Å². The predicted octanol–water partition coefficient (Wildman–Crippen LogP) is 10.6. The van der Waals surface area contributed by atoms with Crippen molar-refractivity contribution in [1.29, 1.82) is 0 Å². The third kappa shape index (κ3) is 30.6. The zero-order chi connectivity index (χ0) is 43.7. The Labute approximate surface area is 366 Å². The SMILES string of the molecule is CC/C=C\C/C=C\C/C=C\C/C=C\CCCCCCCCCCCCC(=O)NC(COC1OC(CO)C(O)C(O)C1O)C(O)/C=C/CC/C=C/CCCCCCCCCC. The maximum Gasteiger partial charge on any atom is 0.220 e. The Kier molecular flexibility index (Phi) is 37.7. The number of aliphatic hydroxyl groups excluding tert-OH is 5. The molecule has 1 fully saturated rings. The Hall–Kier alpha value is -2.37. The minimum atomic E-state index is -1.57. The molecule has 0 aromatic heterocycles. The van der Waals surface area contributed by atoms with Crippen LogP contribution in [0.15, 0.2) is 72.9 Å². The standard InChI is InChI=1S/C51H89NO8/c1-3-5-7-9-11-13-15-17-19-20-21-22-23-24-25-26-27-29-31-33-35-37-39-41-47(55)52-44(43-59-51-50(58)49(57)48(56)46(42-53)60-51)45(54)40-38-36-34-32-30-28-18-16-14-12-10-8-6-4-2/h5,7,11,13,17,19,21-22,30,32,38,40,44-46,48-51,53-54,56-58H,3-4,6,8-10,12,14-16,18,20,23-29,31,33-37,39,41-43H2,1-2H3,(H,52,55)/b7-5-,13-11-,19-17-,22-21-,32-30+,40-38+. The Morgan fingerprint density at radius 2 is 1.05 bits per heavy atom. The van der Waals surface area contributed by atoms with Crippen LogP contribution in [0.2, 0.25) is 0 Å². The molecular weight excluding hydrogens is 755 g/mol. The van der Waals surface area contributed by atoms with Gasteiger partial charge in [0, 0.05) is 6.42 Å². The highest BCUT2D eigenvalue weighted by atomic mass is 16.7. The van der Waals surface area contributed by atoms with Gasteiger partial charge in [-0.25, -0.2) is 0 Å². The second-order valence-electron chi connectivity index (χ2n) is 16.5. The van der Waals surface area contributed by atoms with Gasteiger partial charge in [0.25, 0.3) is 0 Å². The first-order valence-corrected chi connectivity index (χ1v) is 24.2. The summed E-state index contributed by atoms with van der Waals surface area (Å²) in [5.74, 6) is -0.195. The lowest BCUT2D eigenvalue weighted by molar-refractivity contribution is -0.302. The van der Waals surface area contributed by atoms with Crippen LogP contribution in [0.25, 0.3) is 0 Å². The molecule has 0 bridgehead atoms. The Bertz CT molecular complexity index is 1160. The fourth-order valence-corrected chi connectivity index (χ4v) is 7.16. The summed E-state index contributed by atoms with van der Waals surface area (Å²) in [4.78, 5) is 13.0. The monoisotopic (exact) mass is 844 g/mol. The van der Waals surface area contributed by atoms with Gasteiger partial charge in [0.1, 0.15) is 24.4 Å². The molecule has 1 amide bonds. The van der Waals surface area contributed by atoms with Gasteiger partial charge >= 0.3 is 0 Å². The van der Waals surface area contributed by atoms with Crippen molar-refractivity contribution >= 4 is 5.91 Å². The van der Waals surface area contributed by atoms with E-state index < -0.39 is 49.5 Å². The summed E-state index contributed by atoms with van der Waals surface area (Å²) in [6.45, 7) is 3.62.